The molecular weight excluding hydrogens is 392 g/mol. The second-order valence-corrected chi connectivity index (χ2v) is 9.23. The molecule has 2 saturated heterocycles. The molecule has 1 atom stereocenters. The van der Waals surface area contributed by atoms with E-state index in [1.807, 2.05) is 61.2 Å². The molecule has 3 aliphatic heterocycles. The molecule has 6 nitrogen and oxygen atoms in total. The summed E-state index contributed by atoms with van der Waals surface area (Å²) in [4.78, 5) is 41.5. The minimum atomic E-state index is -0.737. The number of hydrogen-bond acceptors (Lipinski definition) is 4. The summed E-state index contributed by atoms with van der Waals surface area (Å²) in [6.45, 7) is 5.51. The van der Waals surface area contributed by atoms with Crippen molar-refractivity contribution in [2.45, 2.75) is 44.1 Å². The van der Waals surface area contributed by atoms with E-state index in [1.165, 1.54) is 0 Å². The van der Waals surface area contributed by atoms with Crippen molar-refractivity contribution in [1.82, 2.24) is 4.90 Å². The van der Waals surface area contributed by atoms with Crippen LogP contribution in [0.4, 0.5) is 5.69 Å². The van der Waals surface area contributed by atoms with Crippen molar-refractivity contribution in [3.63, 3.8) is 0 Å². The summed E-state index contributed by atoms with van der Waals surface area (Å²) in [6, 6.07) is 15.2. The van der Waals surface area contributed by atoms with Gasteiger partial charge in [0, 0.05) is 37.2 Å². The van der Waals surface area contributed by atoms with Crippen molar-refractivity contribution in [1.29, 1.82) is 0 Å². The van der Waals surface area contributed by atoms with E-state index in [9.17, 15) is 14.4 Å². The van der Waals surface area contributed by atoms with Gasteiger partial charge in [-0.3, -0.25) is 9.59 Å². The third-order valence-electron chi connectivity index (χ3n) is 6.95. The van der Waals surface area contributed by atoms with Crippen molar-refractivity contribution in [2.24, 2.45) is 0 Å². The van der Waals surface area contributed by atoms with E-state index in [-0.39, 0.29) is 17.8 Å². The Bertz CT molecular complexity index is 1080. The molecule has 0 aromatic heterocycles. The zero-order valence-corrected chi connectivity index (χ0v) is 17.9. The van der Waals surface area contributed by atoms with Crippen LogP contribution in [0, 0.1) is 0 Å². The Balaban J connectivity index is 1.36. The van der Waals surface area contributed by atoms with E-state index in [4.69, 9.17) is 4.74 Å². The monoisotopic (exact) mass is 418 g/mol. The predicted molar refractivity (Wildman–Crippen MR) is 116 cm³/mol. The number of likely N-dealkylation sites (tertiary alicyclic amines) is 1. The minimum absolute atomic E-state index is 0.00908. The number of carbonyl (C=O) groups is 3. The summed E-state index contributed by atoms with van der Waals surface area (Å²) >= 11 is 0. The van der Waals surface area contributed by atoms with Gasteiger partial charge in [-0.1, -0.05) is 30.3 Å². The molecule has 1 spiro atoms. The number of anilines is 1. The average molecular weight is 418 g/mol. The van der Waals surface area contributed by atoms with Crippen molar-refractivity contribution in [3.05, 3.63) is 65.2 Å². The third-order valence-corrected chi connectivity index (χ3v) is 6.95. The minimum Gasteiger partial charge on any atom is -0.449 e. The maximum atomic E-state index is 13.5. The largest absolute Gasteiger partial charge is 0.449 e. The molecule has 31 heavy (non-hydrogen) atoms. The van der Waals surface area contributed by atoms with Gasteiger partial charge in [-0.05, 0) is 44.0 Å². The molecule has 6 heteroatoms. The van der Waals surface area contributed by atoms with E-state index in [0.29, 0.717) is 31.5 Å². The number of fused-ring (bicyclic) bond motifs is 2. The lowest BCUT2D eigenvalue weighted by Gasteiger charge is -2.31. The van der Waals surface area contributed by atoms with Gasteiger partial charge in [0.15, 0.2) is 5.60 Å². The zero-order chi connectivity index (χ0) is 21.8. The highest BCUT2D eigenvalue weighted by Gasteiger charge is 2.52. The number of amides is 2. The Hall–Kier alpha value is -3.15. The fraction of sp³-hybridized carbons (Fsp3) is 0.400. The van der Waals surface area contributed by atoms with Gasteiger partial charge in [0.05, 0.1) is 17.5 Å². The lowest BCUT2D eigenvalue weighted by atomic mass is 9.83. The van der Waals surface area contributed by atoms with Crippen LogP contribution in [-0.4, -0.2) is 42.3 Å². The molecule has 2 amide bonds. The molecule has 160 valence electrons. The van der Waals surface area contributed by atoms with Crippen molar-refractivity contribution >= 4 is 23.5 Å². The molecule has 0 N–H and O–H groups in total. The first-order valence-electron chi connectivity index (χ1n) is 10.8. The van der Waals surface area contributed by atoms with E-state index < -0.39 is 11.0 Å². The summed E-state index contributed by atoms with van der Waals surface area (Å²) in [6.07, 6.45) is 2.08. The maximum Gasteiger partial charge on any atom is 0.339 e. The van der Waals surface area contributed by atoms with Crippen LogP contribution in [0.3, 0.4) is 0 Å². The Morgan fingerprint density at radius 1 is 1.03 bits per heavy atom. The smallest absolute Gasteiger partial charge is 0.339 e. The van der Waals surface area contributed by atoms with Gasteiger partial charge in [0.25, 0.3) is 0 Å². The standard InChI is InChI=1S/C25H26N2O4/c1-24(2,17-9-11-18(12-10-17)27-14-5-8-21(27)28)23(30)26-15-13-25(16-26)20-7-4-3-6-19(20)22(29)31-25/h3-4,6-7,9-12H,5,8,13-16H2,1-2H3/t25-/m0/s1. The van der Waals surface area contributed by atoms with Crippen LogP contribution in [0.5, 0.6) is 0 Å². The van der Waals surface area contributed by atoms with Crippen LogP contribution in [0.25, 0.3) is 0 Å². The molecule has 3 aliphatic rings. The maximum absolute atomic E-state index is 13.5. The number of esters is 1. The van der Waals surface area contributed by atoms with Gasteiger partial charge in [-0.15, -0.1) is 0 Å². The van der Waals surface area contributed by atoms with Crippen LogP contribution in [0.1, 0.15) is 54.6 Å². The molecule has 5 rings (SSSR count). The van der Waals surface area contributed by atoms with E-state index in [1.54, 1.807) is 11.0 Å². The van der Waals surface area contributed by atoms with Crippen LogP contribution in [0.15, 0.2) is 48.5 Å². The third kappa shape index (κ3) is 3.04. The van der Waals surface area contributed by atoms with Crippen LogP contribution < -0.4 is 4.90 Å². The summed E-state index contributed by atoms with van der Waals surface area (Å²) in [5, 5.41) is 0. The highest BCUT2D eigenvalue weighted by Crippen LogP contribution is 2.44. The summed E-state index contributed by atoms with van der Waals surface area (Å²) in [5.74, 6) is -0.150. The van der Waals surface area contributed by atoms with Crippen LogP contribution >= 0.6 is 0 Å². The predicted octanol–water partition coefficient (Wildman–Crippen LogP) is 3.39. The molecule has 2 fully saturated rings. The second kappa shape index (κ2) is 6.94. The SMILES string of the molecule is CC(C)(C(=O)N1CC[C@@]2(C1)OC(=O)c1ccccc12)c1ccc(N2CCCC2=O)cc1. The fourth-order valence-corrected chi connectivity index (χ4v) is 5.10. The number of nitrogens with zero attached hydrogens (tertiary/aromatic N) is 2. The molecular formula is C25H26N2O4. The first-order chi connectivity index (χ1) is 14.8. The summed E-state index contributed by atoms with van der Waals surface area (Å²) < 4.78 is 5.79. The van der Waals surface area contributed by atoms with E-state index in [2.05, 4.69) is 0 Å². The zero-order valence-electron chi connectivity index (χ0n) is 17.9. The number of hydrogen-bond donors (Lipinski definition) is 0. The Labute approximate surface area is 181 Å². The second-order valence-electron chi connectivity index (χ2n) is 9.23. The van der Waals surface area contributed by atoms with E-state index >= 15 is 0 Å². The molecule has 0 unspecified atom stereocenters. The number of carbonyl (C=O) groups excluding carboxylic acids is 3. The Morgan fingerprint density at radius 3 is 2.48 bits per heavy atom. The van der Waals surface area contributed by atoms with Gasteiger partial charge in [0.2, 0.25) is 11.8 Å². The average Bonchev–Trinajstić information content (AvgIpc) is 3.46. The molecule has 0 bridgehead atoms. The quantitative estimate of drug-likeness (QED) is 0.717. The topological polar surface area (TPSA) is 66.9 Å². The number of ether oxygens (including phenoxy) is 1. The number of benzene rings is 2. The molecule has 3 heterocycles. The van der Waals surface area contributed by atoms with Crippen LogP contribution in [-0.2, 0) is 25.3 Å². The Kier molecular flexibility index (Phi) is 4.43. The Morgan fingerprint density at radius 2 is 1.77 bits per heavy atom. The molecule has 2 aromatic carbocycles. The van der Waals surface area contributed by atoms with Gasteiger partial charge in [-0.2, -0.15) is 0 Å². The van der Waals surface area contributed by atoms with Gasteiger partial charge in [-0.25, -0.2) is 4.79 Å². The lowest BCUT2D eigenvalue weighted by molar-refractivity contribution is -0.136. The molecule has 0 saturated carbocycles. The van der Waals surface area contributed by atoms with Gasteiger partial charge >= 0.3 is 5.97 Å². The molecule has 0 aliphatic carbocycles. The van der Waals surface area contributed by atoms with E-state index in [0.717, 1.165) is 29.8 Å². The van der Waals surface area contributed by atoms with Gasteiger partial charge < -0.3 is 14.5 Å². The fourth-order valence-electron chi connectivity index (χ4n) is 5.10. The first kappa shape index (κ1) is 19.8. The summed E-state index contributed by atoms with van der Waals surface area (Å²) in [7, 11) is 0. The van der Waals surface area contributed by atoms with Crippen LogP contribution in [0.2, 0.25) is 0 Å². The molecule has 2 aromatic rings. The highest BCUT2D eigenvalue weighted by molar-refractivity contribution is 5.96. The lowest BCUT2D eigenvalue weighted by Crippen LogP contribution is -2.44. The molecule has 0 radical (unpaired) electrons. The van der Waals surface area contributed by atoms with Gasteiger partial charge in [0.1, 0.15) is 0 Å². The number of rotatable bonds is 3. The van der Waals surface area contributed by atoms with Crippen molar-refractivity contribution in [2.75, 3.05) is 24.5 Å². The summed E-state index contributed by atoms with van der Waals surface area (Å²) in [5.41, 5.74) is 1.79. The highest BCUT2D eigenvalue weighted by atomic mass is 16.6. The van der Waals surface area contributed by atoms with Crippen molar-refractivity contribution in [3.8, 4) is 0 Å². The normalized spacial score (nSPS) is 22.9. The first-order valence-corrected chi connectivity index (χ1v) is 10.8. The van der Waals surface area contributed by atoms with Crippen molar-refractivity contribution < 1.29 is 19.1 Å².